The smallest absolute Gasteiger partial charge is 0.241 e. The lowest BCUT2D eigenvalue weighted by Gasteiger charge is -2.32. The molecule has 2 unspecified atom stereocenters. The lowest BCUT2D eigenvalue weighted by molar-refractivity contribution is -0.131. The maximum Gasteiger partial charge on any atom is 0.241 e. The van der Waals surface area contributed by atoms with Crippen molar-refractivity contribution in [1.82, 2.24) is 10.2 Å². The van der Waals surface area contributed by atoms with E-state index in [2.05, 4.69) is 31.0 Å². The second-order valence-electron chi connectivity index (χ2n) is 6.17. The molecule has 2 aliphatic rings. The molecule has 1 N–H and O–H groups in total. The Bertz CT molecular complexity index is 284. The summed E-state index contributed by atoms with van der Waals surface area (Å²) in [5.74, 6) is 0.326. The predicted octanol–water partition coefficient (Wildman–Crippen LogP) is 2.51. The predicted molar refractivity (Wildman–Crippen MR) is 69.6 cm³/mol. The zero-order valence-electron chi connectivity index (χ0n) is 11.5. The molecule has 0 aromatic heterocycles. The SMILES string of the molecule is CCCC1NC(C)N(CC2(C)CCCC2)C1=O. The van der Waals surface area contributed by atoms with Crippen LogP contribution in [-0.2, 0) is 4.79 Å². The zero-order valence-corrected chi connectivity index (χ0v) is 11.5. The fourth-order valence-corrected chi connectivity index (χ4v) is 3.35. The van der Waals surface area contributed by atoms with E-state index in [0.29, 0.717) is 11.3 Å². The Kier molecular flexibility index (Phi) is 3.76. The van der Waals surface area contributed by atoms with Gasteiger partial charge in [-0.1, -0.05) is 33.1 Å². The minimum atomic E-state index is 0.0694. The van der Waals surface area contributed by atoms with E-state index in [0.717, 1.165) is 19.4 Å². The lowest BCUT2D eigenvalue weighted by atomic mass is 9.88. The quantitative estimate of drug-likeness (QED) is 0.816. The fourth-order valence-electron chi connectivity index (χ4n) is 3.35. The molecule has 0 spiro atoms. The third kappa shape index (κ3) is 2.65. The summed E-state index contributed by atoms with van der Waals surface area (Å²) in [5.41, 5.74) is 0.368. The van der Waals surface area contributed by atoms with Crippen LogP contribution in [0.25, 0.3) is 0 Å². The van der Waals surface area contributed by atoms with E-state index in [1.807, 2.05) is 0 Å². The van der Waals surface area contributed by atoms with Crippen LogP contribution in [0.1, 0.15) is 59.3 Å². The fraction of sp³-hybridized carbons (Fsp3) is 0.929. The summed E-state index contributed by atoms with van der Waals surface area (Å²) in [5, 5.41) is 3.42. The minimum Gasteiger partial charge on any atom is -0.326 e. The monoisotopic (exact) mass is 238 g/mol. The van der Waals surface area contributed by atoms with Crippen LogP contribution in [-0.4, -0.2) is 29.6 Å². The number of hydrogen-bond donors (Lipinski definition) is 1. The molecule has 0 radical (unpaired) electrons. The number of nitrogens with one attached hydrogen (secondary N) is 1. The second kappa shape index (κ2) is 4.97. The maximum atomic E-state index is 12.3. The van der Waals surface area contributed by atoms with Gasteiger partial charge in [0.25, 0.3) is 0 Å². The van der Waals surface area contributed by atoms with Crippen molar-refractivity contribution >= 4 is 5.91 Å². The first-order valence-corrected chi connectivity index (χ1v) is 7.12. The Morgan fingerprint density at radius 2 is 2.06 bits per heavy atom. The Morgan fingerprint density at radius 3 is 2.65 bits per heavy atom. The van der Waals surface area contributed by atoms with Crippen LogP contribution in [0.4, 0.5) is 0 Å². The summed E-state index contributed by atoms with van der Waals surface area (Å²) in [4.78, 5) is 14.4. The summed E-state index contributed by atoms with van der Waals surface area (Å²) in [6.45, 7) is 7.54. The molecule has 1 saturated carbocycles. The Morgan fingerprint density at radius 1 is 1.41 bits per heavy atom. The summed E-state index contributed by atoms with van der Waals surface area (Å²) < 4.78 is 0. The van der Waals surface area contributed by atoms with Gasteiger partial charge in [-0.15, -0.1) is 0 Å². The van der Waals surface area contributed by atoms with Gasteiger partial charge in [0.15, 0.2) is 0 Å². The second-order valence-corrected chi connectivity index (χ2v) is 6.17. The van der Waals surface area contributed by atoms with Gasteiger partial charge in [0, 0.05) is 6.54 Å². The van der Waals surface area contributed by atoms with Crippen molar-refractivity contribution in [2.45, 2.75) is 71.5 Å². The zero-order chi connectivity index (χ0) is 12.5. The molecule has 3 heteroatoms. The van der Waals surface area contributed by atoms with E-state index in [1.54, 1.807) is 0 Å². The highest BCUT2D eigenvalue weighted by atomic mass is 16.2. The van der Waals surface area contributed by atoms with Gasteiger partial charge in [-0.3, -0.25) is 10.1 Å². The van der Waals surface area contributed by atoms with Crippen molar-refractivity contribution < 1.29 is 4.79 Å². The average Bonchev–Trinajstić information content (AvgIpc) is 2.80. The normalized spacial score (nSPS) is 32.4. The average molecular weight is 238 g/mol. The van der Waals surface area contributed by atoms with E-state index in [-0.39, 0.29) is 12.2 Å². The first-order valence-electron chi connectivity index (χ1n) is 7.12. The van der Waals surface area contributed by atoms with Gasteiger partial charge in [0.1, 0.15) is 0 Å². The van der Waals surface area contributed by atoms with Crippen molar-refractivity contribution in [3.8, 4) is 0 Å². The van der Waals surface area contributed by atoms with Crippen molar-refractivity contribution in [3.63, 3.8) is 0 Å². The molecule has 1 amide bonds. The van der Waals surface area contributed by atoms with Gasteiger partial charge < -0.3 is 4.90 Å². The maximum absolute atomic E-state index is 12.3. The molecule has 1 heterocycles. The Hall–Kier alpha value is -0.570. The molecular weight excluding hydrogens is 212 g/mol. The molecule has 2 atom stereocenters. The lowest BCUT2D eigenvalue weighted by Crippen LogP contribution is -2.41. The standard InChI is InChI=1S/C14H26N2O/c1-4-7-12-13(17)16(11(2)15-12)10-14(3)8-5-6-9-14/h11-12,15H,4-10H2,1-3H3. The van der Waals surface area contributed by atoms with Gasteiger partial charge in [0.2, 0.25) is 5.91 Å². The molecule has 0 aromatic rings. The van der Waals surface area contributed by atoms with Gasteiger partial charge in [-0.25, -0.2) is 0 Å². The number of hydrogen-bond acceptors (Lipinski definition) is 2. The number of amides is 1. The van der Waals surface area contributed by atoms with Crippen molar-refractivity contribution in [2.75, 3.05) is 6.54 Å². The molecule has 0 bridgehead atoms. The van der Waals surface area contributed by atoms with Crippen molar-refractivity contribution in [2.24, 2.45) is 5.41 Å². The molecule has 98 valence electrons. The highest BCUT2D eigenvalue weighted by Gasteiger charge is 2.40. The summed E-state index contributed by atoms with van der Waals surface area (Å²) in [7, 11) is 0. The van der Waals surface area contributed by atoms with E-state index in [9.17, 15) is 4.79 Å². The van der Waals surface area contributed by atoms with Crippen LogP contribution < -0.4 is 5.32 Å². The molecule has 2 fully saturated rings. The highest BCUT2D eigenvalue weighted by molar-refractivity contribution is 5.84. The van der Waals surface area contributed by atoms with Crippen molar-refractivity contribution in [3.05, 3.63) is 0 Å². The first kappa shape index (κ1) is 12.9. The van der Waals surface area contributed by atoms with Crippen LogP contribution in [0, 0.1) is 5.41 Å². The number of carbonyl (C=O) groups is 1. The molecular formula is C14H26N2O. The molecule has 1 saturated heterocycles. The van der Waals surface area contributed by atoms with Gasteiger partial charge in [-0.2, -0.15) is 0 Å². The third-order valence-electron chi connectivity index (χ3n) is 4.43. The van der Waals surface area contributed by atoms with E-state index < -0.39 is 0 Å². The van der Waals surface area contributed by atoms with Crippen LogP contribution in [0.2, 0.25) is 0 Å². The minimum absolute atomic E-state index is 0.0694. The van der Waals surface area contributed by atoms with Gasteiger partial charge in [-0.05, 0) is 31.6 Å². The first-order chi connectivity index (χ1) is 8.06. The Labute approximate surface area is 105 Å². The van der Waals surface area contributed by atoms with Crippen molar-refractivity contribution in [1.29, 1.82) is 0 Å². The van der Waals surface area contributed by atoms with Crippen LogP contribution >= 0.6 is 0 Å². The summed E-state index contributed by atoms with van der Waals surface area (Å²) in [6, 6.07) is 0.0694. The molecule has 1 aliphatic heterocycles. The largest absolute Gasteiger partial charge is 0.326 e. The molecule has 1 aliphatic carbocycles. The molecule has 17 heavy (non-hydrogen) atoms. The van der Waals surface area contributed by atoms with Gasteiger partial charge >= 0.3 is 0 Å². The summed E-state index contributed by atoms with van der Waals surface area (Å²) >= 11 is 0. The van der Waals surface area contributed by atoms with Crippen LogP contribution in [0.15, 0.2) is 0 Å². The highest BCUT2D eigenvalue weighted by Crippen LogP contribution is 2.39. The number of rotatable bonds is 4. The van der Waals surface area contributed by atoms with E-state index in [1.165, 1.54) is 25.7 Å². The third-order valence-corrected chi connectivity index (χ3v) is 4.43. The van der Waals surface area contributed by atoms with E-state index >= 15 is 0 Å². The molecule has 0 aromatic carbocycles. The van der Waals surface area contributed by atoms with Gasteiger partial charge in [0.05, 0.1) is 12.2 Å². The van der Waals surface area contributed by atoms with Crippen LogP contribution in [0.3, 0.4) is 0 Å². The van der Waals surface area contributed by atoms with Crippen LogP contribution in [0.5, 0.6) is 0 Å². The molecule has 3 nitrogen and oxygen atoms in total. The topological polar surface area (TPSA) is 32.3 Å². The molecule has 2 rings (SSSR count). The van der Waals surface area contributed by atoms with E-state index in [4.69, 9.17) is 0 Å². The summed E-state index contributed by atoms with van der Waals surface area (Å²) in [6.07, 6.45) is 7.48. The number of nitrogens with zero attached hydrogens (tertiary/aromatic N) is 1. The Balaban J connectivity index is 1.98. The number of carbonyl (C=O) groups excluding carboxylic acids is 1.